The van der Waals surface area contributed by atoms with Crippen LogP contribution in [0.25, 0.3) is 11.3 Å². The Morgan fingerprint density at radius 3 is 2.81 bits per heavy atom. The average molecular weight is 434 g/mol. The van der Waals surface area contributed by atoms with Gasteiger partial charge in [0.25, 0.3) is 11.5 Å². The molecule has 0 bridgehead atoms. The maximum atomic E-state index is 13.3. The van der Waals surface area contributed by atoms with E-state index in [2.05, 4.69) is 20.6 Å². The van der Waals surface area contributed by atoms with E-state index in [4.69, 9.17) is 0 Å². The third-order valence-electron chi connectivity index (χ3n) is 5.86. The Labute approximate surface area is 183 Å². The molecule has 1 saturated carbocycles. The number of amides is 1. The second-order valence-electron chi connectivity index (χ2n) is 8.11. The first-order valence-corrected chi connectivity index (χ1v) is 10.6. The number of hydrogen-bond acceptors (Lipinski definition) is 5. The molecule has 5 rings (SSSR count). The first-order chi connectivity index (χ1) is 15.6. The minimum atomic E-state index is -0.666. The van der Waals surface area contributed by atoms with E-state index in [0.717, 1.165) is 17.6 Å². The second-order valence-corrected chi connectivity index (χ2v) is 8.11. The van der Waals surface area contributed by atoms with E-state index in [0.29, 0.717) is 30.9 Å². The molecule has 0 spiro atoms. The van der Waals surface area contributed by atoms with Crippen molar-refractivity contribution < 1.29 is 9.18 Å². The van der Waals surface area contributed by atoms with Gasteiger partial charge in [0.1, 0.15) is 23.2 Å². The lowest BCUT2D eigenvalue weighted by atomic mass is 9.83. The van der Waals surface area contributed by atoms with Gasteiger partial charge in [-0.15, -0.1) is 0 Å². The highest BCUT2D eigenvalue weighted by atomic mass is 19.1. The highest BCUT2D eigenvalue weighted by molar-refractivity contribution is 5.92. The molecule has 32 heavy (non-hydrogen) atoms. The lowest BCUT2D eigenvalue weighted by Gasteiger charge is -2.30. The van der Waals surface area contributed by atoms with E-state index in [1.807, 2.05) is 28.9 Å². The number of carbonyl (C=O) groups is 1. The predicted octanol–water partition coefficient (Wildman–Crippen LogP) is 2.11. The molecule has 1 fully saturated rings. The number of fused-ring (bicyclic) bond motifs is 2. The number of imidazole rings is 1. The summed E-state index contributed by atoms with van der Waals surface area (Å²) in [5, 5.41) is 6.09. The summed E-state index contributed by atoms with van der Waals surface area (Å²) in [4.78, 5) is 33.5. The molecule has 2 unspecified atom stereocenters. The first kappa shape index (κ1) is 20.3. The van der Waals surface area contributed by atoms with Crippen molar-refractivity contribution in [3.8, 4) is 0 Å². The van der Waals surface area contributed by atoms with Gasteiger partial charge in [-0.3, -0.25) is 14.0 Å². The summed E-state index contributed by atoms with van der Waals surface area (Å²) in [5.74, 6) is -0.298. The predicted molar refractivity (Wildman–Crippen MR) is 117 cm³/mol. The number of nitrogens with zero attached hydrogens (tertiary/aromatic N) is 4. The number of aromatic nitrogens is 4. The number of carbonyl (C=O) groups excluding carboxylic acids is 1. The zero-order chi connectivity index (χ0) is 22.1. The summed E-state index contributed by atoms with van der Waals surface area (Å²) in [6.45, 7) is 1.56. The molecule has 0 saturated heterocycles. The van der Waals surface area contributed by atoms with Crippen molar-refractivity contribution >= 4 is 17.2 Å². The number of hydrogen-bond donors (Lipinski definition) is 2. The monoisotopic (exact) mass is 434 g/mol. The van der Waals surface area contributed by atoms with Crippen LogP contribution in [0.2, 0.25) is 0 Å². The molecule has 8 nitrogen and oxygen atoms in total. The van der Waals surface area contributed by atoms with E-state index in [9.17, 15) is 14.0 Å². The number of nitrogens with one attached hydrogen (secondary N) is 2. The second kappa shape index (κ2) is 8.51. The van der Waals surface area contributed by atoms with E-state index in [-0.39, 0.29) is 23.7 Å². The van der Waals surface area contributed by atoms with E-state index in [1.165, 1.54) is 10.5 Å². The average Bonchev–Trinajstić information content (AvgIpc) is 3.21. The molecule has 2 N–H and O–H groups in total. The summed E-state index contributed by atoms with van der Waals surface area (Å²) in [5.41, 5.74) is 2.70. The molecule has 1 aliphatic carbocycles. The zero-order valence-electron chi connectivity index (χ0n) is 17.4. The third kappa shape index (κ3) is 4.11. The van der Waals surface area contributed by atoms with E-state index < -0.39 is 12.1 Å². The van der Waals surface area contributed by atoms with E-state index in [1.54, 1.807) is 24.4 Å². The molecule has 4 heterocycles. The van der Waals surface area contributed by atoms with Crippen LogP contribution in [0, 0.1) is 5.92 Å². The SMILES string of the molecule is O=C(NCc1cn2cc(CNCC3CCC3F)ccc2n1)c1cc(=O)n2ccccc2n1. The molecule has 0 aliphatic heterocycles. The van der Waals surface area contributed by atoms with Crippen LogP contribution in [0.3, 0.4) is 0 Å². The summed E-state index contributed by atoms with van der Waals surface area (Å²) in [6.07, 6.45) is 6.40. The fraction of sp³-hybridized carbons (Fsp3) is 0.304. The Hall–Kier alpha value is -3.59. The van der Waals surface area contributed by atoms with Crippen molar-refractivity contribution in [3.05, 3.63) is 82.3 Å². The Morgan fingerprint density at radius 2 is 2.00 bits per heavy atom. The Bertz CT molecular complexity index is 1350. The molecule has 2 atom stereocenters. The van der Waals surface area contributed by atoms with Gasteiger partial charge in [-0.1, -0.05) is 12.1 Å². The third-order valence-corrected chi connectivity index (χ3v) is 5.86. The van der Waals surface area contributed by atoms with Crippen LogP contribution >= 0.6 is 0 Å². The highest BCUT2D eigenvalue weighted by Crippen LogP contribution is 2.29. The highest BCUT2D eigenvalue weighted by Gasteiger charge is 2.29. The lowest BCUT2D eigenvalue weighted by molar-refractivity contribution is 0.0945. The Kier molecular flexibility index (Phi) is 5.40. The van der Waals surface area contributed by atoms with Crippen LogP contribution in [0.1, 0.15) is 34.6 Å². The first-order valence-electron chi connectivity index (χ1n) is 10.6. The van der Waals surface area contributed by atoms with E-state index >= 15 is 0 Å². The molecule has 0 aromatic carbocycles. The molecule has 4 aromatic heterocycles. The van der Waals surface area contributed by atoms with Crippen LogP contribution in [0.5, 0.6) is 0 Å². The van der Waals surface area contributed by atoms with Gasteiger partial charge < -0.3 is 15.0 Å². The van der Waals surface area contributed by atoms with Crippen molar-refractivity contribution in [1.82, 2.24) is 29.4 Å². The Morgan fingerprint density at radius 1 is 1.09 bits per heavy atom. The molecular weight excluding hydrogens is 411 g/mol. The van der Waals surface area contributed by atoms with Gasteiger partial charge in [0.15, 0.2) is 0 Å². The normalized spacial score (nSPS) is 18.0. The van der Waals surface area contributed by atoms with Crippen LogP contribution in [-0.2, 0) is 13.1 Å². The number of pyridine rings is 2. The number of rotatable bonds is 7. The maximum absolute atomic E-state index is 13.3. The van der Waals surface area contributed by atoms with Gasteiger partial charge >= 0.3 is 0 Å². The molecule has 1 aliphatic rings. The molecule has 4 aromatic rings. The number of alkyl halides is 1. The van der Waals surface area contributed by atoms with Crippen molar-refractivity contribution in [3.63, 3.8) is 0 Å². The largest absolute Gasteiger partial charge is 0.345 e. The molecule has 0 radical (unpaired) electrons. The van der Waals surface area contributed by atoms with Crippen LogP contribution in [0.4, 0.5) is 4.39 Å². The minimum absolute atomic E-state index is 0.0697. The van der Waals surface area contributed by atoms with Crippen LogP contribution < -0.4 is 16.2 Å². The summed E-state index contributed by atoms with van der Waals surface area (Å²) in [7, 11) is 0. The minimum Gasteiger partial charge on any atom is -0.345 e. The van der Waals surface area contributed by atoms with Gasteiger partial charge in [-0.05, 0) is 36.6 Å². The smallest absolute Gasteiger partial charge is 0.270 e. The van der Waals surface area contributed by atoms with Gasteiger partial charge in [-0.25, -0.2) is 14.4 Å². The van der Waals surface area contributed by atoms with Gasteiger partial charge in [0.2, 0.25) is 0 Å². The van der Waals surface area contributed by atoms with Gasteiger partial charge in [0.05, 0.1) is 12.2 Å². The maximum Gasteiger partial charge on any atom is 0.270 e. The van der Waals surface area contributed by atoms with Crippen molar-refractivity contribution in [2.24, 2.45) is 5.92 Å². The van der Waals surface area contributed by atoms with Crippen molar-refractivity contribution in [2.45, 2.75) is 32.1 Å². The van der Waals surface area contributed by atoms with Crippen molar-refractivity contribution in [1.29, 1.82) is 0 Å². The standard InChI is InChI=1S/C23H23FN6O2/c24-18-6-5-16(18)11-25-10-15-4-7-20-27-17(14-29(20)13-15)12-26-23(32)19-9-22(31)30-8-2-1-3-21(30)28-19/h1-4,7-9,13-14,16,18,25H,5-6,10-12H2,(H,26,32). The summed E-state index contributed by atoms with van der Waals surface area (Å²) < 4.78 is 16.6. The fourth-order valence-electron chi connectivity index (χ4n) is 3.87. The Balaban J connectivity index is 1.22. The van der Waals surface area contributed by atoms with Crippen LogP contribution in [-0.4, -0.2) is 37.4 Å². The summed E-state index contributed by atoms with van der Waals surface area (Å²) in [6, 6.07) is 10.3. The van der Waals surface area contributed by atoms with Crippen LogP contribution in [0.15, 0.2) is 59.8 Å². The molecule has 164 valence electrons. The number of halogens is 1. The zero-order valence-corrected chi connectivity index (χ0v) is 17.4. The molecular formula is C23H23FN6O2. The van der Waals surface area contributed by atoms with Gasteiger partial charge in [0, 0.05) is 43.7 Å². The molecule has 1 amide bonds. The van der Waals surface area contributed by atoms with Crippen molar-refractivity contribution in [2.75, 3.05) is 6.54 Å². The quantitative estimate of drug-likeness (QED) is 0.465. The lowest BCUT2D eigenvalue weighted by Crippen LogP contribution is -2.36. The molecule has 9 heteroatoms. The van der Waals surface area contributed by atoms with Gasteiger partial charge in [-0.2, -0.15) is 0 Å². The fourth-order valence-corrected chi connectivity index (χ4v) is 3.87. The summed E-state index contributed by atoms with van der Waals surface area (Å²) >= 11 is 0. The topological polar surface area (TPSA) is 92.8 Å².